The maximum atomic E-state index is 10.9. The molecule has 98 valence electrons. The first-order valence-electron chi connectivity index (χ1n) is 6.12. The summed E-state index contributed by atoms with van der Waals surface area (Å²) in [7, 11) is 1.75. The molecule has 0 saturated heterocycles. The van der Waals surface area contributed by atoms with Gasteiger partial charge in [0.1, 0.15) is 0 Å². The van der Waals surface area contributed by atoms with Crippen molar-refractivity contribution in [3.8, 4) is 11.3 Å². The Bertz CT molecular complexity index is 646. The zero-order valence-corrected chi connectivity index (χ0v) is 10.6. The van der Waals surface area contributed by atoms with E-state index in [2.05, 4.69) is 11.2 Å². The maximum absolute atomic E-state index is 10.9. The van der Waals surface area contributed by atoms with Crippen molar-refractivity contribution in [1.29, 1.82) is 0 Å². The largest absolute Gasteiger partial charge is 0.476 e. The van der Waals surface area contributed by atoms with Crippen molar-refractivity contribution < 1.29 is 14.6 Å². The van der Waals surface area contributed by atoms with Crippen molar-refractivity contribution in [1.82, 2.24) is 9.78 Å². The van der Waals surface area contributed by atoms with Crippen molar-refractivity contribution in [2.45, 2.75) is 13.0 Å². The van der Waals surface area contributed by atoms with E-state index in [9.17, 15) is 4.79 Å². The predicted octanol–water partition coefficient (Wildman–Crippen LogP) is 1.86. The Morgan fingerprint density at radius 1 is 1.37 bits per heavy atom. The van der Waals surface area contributed by atoms with E-state index >= 15 is 0 Å². The molecule has 1 N–H and O–H groups in total. The van der Waals surface area contributed by atoms with Gasteiger partial charge in [0, 0.05) is 12.6 Å². The molecule has 0 unspecified atom stereocenters. The van der Waals surface area contributed by atoms with Crippen LogP contribution in [0.25, 0.3) is 11.3 Å². The summed E-state index contributed by atoms with van der Waals surface area (Å²) >= 11 is 0. The fourth-order valence-electron chi connectivity index (χ4n) is 2.36. The minimum Gasteiger partial charge on any atom is -0.476 e. The highest BCUT2D eigenvalue weighted by molar-refractivity contribution is 5.87. The molecule has 0 aliphatic carbocycles. The van der Waals surface area contributed by atoms with Gasteiger partial charge in [-0.05, 0) is 29.7 Å². The molecule has 0 spiro atoms. The second-order valence-corrected chi connectivity index (χ2v) is 4.63. The molecule has 0 radical (unpaired) electrons. The lowest BCUT2D eigenvalue weighted by molar-refractivity contribution is 0.0689. The Morgan fingerprint density at radius 3 is 2.95 bits per heavy atom. The third-order valence-corrected chi connectivity index (χ3v) is 3.37. The van der Waals surface area contributed by atoms with Gasteiger partial charge in [-0.25, -0.2) is 4.79 Å². The van der Waals surface area contributed by atoms with Crippen LogP contribution in [0.3, 0.4) is 0 Å². The highest BCUT2D eigenvalue weighted by atomic mass is 16.5. The average molecular weight is 258 g/mol. The lowest BCUT2D eigenvalue weighted by atomic mass is 9.99. The Kier molecular flexibility index (Phi) is 2.83. The topological polar surface area (TPSA) is 64.4 Å². The minimum atomic E-state index is -1.01. The van der Waals surface area contributed by atoms with Crippen LogP contribution in [-0.4, -0.2) is 27.5 Å². The van der Waals surface area contributed by atoms with Gasteiger partial charge in [0.05, 0.1) is 18.9 Å². The molecule has 0 atom stereocenters. The molecule has 3 rings (SSSR count). The Balaban J connectivity index is 2.04. The number of benzene rings is 1. The van der Waals surface area contributed by atoms with Crippen molar-refractivity contribution in [2.24, 2.45) is 7.05 Å². The smallest absolute Gasteiger partial charge is 0.356 e. The first-order valence-corrected chi connectivity index (χ1v) is 6.12. The van der Waals surface area contributed by atoms with Gasteiger partial charge in [0.15, 0.2) is 5.69 Å². The first kappa shape index (κ1) is 11.9. The van der Waals surface area contributed by atoms with Crippen LogP contribution in [-0.2, 0) is 24.8 Å². The number of rotatable bonds is 2. The van der Waals surface area contributed by atoms with Crippen LogP contribution in [0.1, 0.15) is 21.6 Å². The number of fused-ring (bicyclic) bond motifs is 1. The van der Waals surface area contributed by atoms with E-state index in [-0.39, 0.29) is 5.69 Å². The monoisotopic (exact) mass is 258 g/mol. The van der Waals surface area contributed by atoms with Gasteiger partial charge in [-0.2, -0.15) is 5.10 Å². The minimum absolute atomic E-state index is 0.0681. The fourth-order valence-corrected chi connectivity index (χ4v) is 2.36. The maximum Gasteiger partial charge on any atom is 0.356 e. The van der Waals surface area contributed by atoms with Crippen LogP contribution < -0.4 is 0 Å². The molecule has 1 aliphatic rings. The first-order chi connectivity index (χ1) is 9.15. The van der Waals surface area contributed by atoms with E-state index in [0.29, 0.717) is 6.61 Å². The highest BCUT2D eigenvalue weighted by Gasteiger charge is 2.15. The van der Waals surface area contributed by atoms with Crippen LogP contribution >= 0.6 is 0 Å². The van der Waals surface area contributed by atoms with Gasteiger partial charge in [-0.15, -0.1) is 0 Å². The number of carbonyl (C=O) groups is 1. The van der Waals surface area contributed by atoms with E-state index < -0.39 is 5.97 Å². The summed E-state index contributed by atoms with van der Waals surface area (Å²) < 4.78 is 7.01. The SMILES string of the molecule is Cn1nc(C(=O)O)cc1-c1ccc2c(c1)CCOC2. The number of ether oxygens (including phenoxy) is 1. The number of hydrogen-bond donors (Lipinski definition) is 1. The second-order valence-electron chi connectivity index (χ2n) is 4.63. The molecule has 2 heterocycles. The van der Waals surface area contributed by atoms with Crippen LogP contribution in [0.5, 0.6) is 0 Å². The normalized spacial score (nSPS) is 14.2. The summed E-state index contributed by atoms with van der Waals surface area (Å²) in [5.74, 6) is -1.01. The van der Waals surface area contributed by atoms with E-state index in [4.69, 9.17) is 9.84 Å². The van der Waals surface area contributed by atoms with Crippen molar-refractivity contribution in [3.05, 3.63) is 41.1 Å². The van der Waals surface area contributed by atoms with Gasteiger partial charge >= 0.3 is 5.97 Å². The van der Waals surface area contributed by atoms with Gasteiger partial charge in [-0.3, -0.25) is 4.68 Å². The number of nitrogens with zero attached hydrogens (tertiary/aromatic N) is 2. The van der Waals surface area contributed by atoms with Crippen molar-refractivity contribution in [3.63, 3.8) is 0 Å². The Hall–Kier alpha value is -2.14. The molecule has 19 heavy (non-hydrogen) atoms. The van der Waals surface area contributed by atoms with E-state index in [1.807, 2.05) is 12.1 Å². The van der Waals surface area contributed by atoms with Crippen LogP contribution in [0.4, 0.5) is 0 Å². The van der Waals surface area contributed by atoms with E-state index in [0.717, 1.165) is 24.3 Å². The number of carboxylic acids is 1. The Labute approximate surface area is 110 Å². The molecule has 1 aliphatic heterocycles. The molecule has 0 fully saturated rings. The summed E-state index contributed by atoms with van der Waals surface area (Å²) in [4.78, 5) is 10.9. The quantitative estimate of drug-likeness (QED) is 0.893. The predicted molar refractivity (Wildman–Crippen MR) is 69.0 cm³/mol. The molecule has 5 heteroatoms. The fraction of sp³-hybridized carbons (Fsp3) is 0.286. The standard InChI is InChI=1S/C14H14N2O3/c1-16-13(7-12(15-16)14(17)18)10-2-3-11-8-19-5-4-9(11)6-10/h2-3,6-7H,4-5,8H2,1H3,(H,17,18). The molecule has 0 amide bonds. The van der Waals surface area contributed by atoms with Crippen molar-refractivity contribution >= 4 is 5.97 Å². The summed E-state index contributed by atoms with van der Waals surface area (Å²) in [5.41, 5.74) is 4.34. The lowest BCUT2D eigenvalue weighted by Gasteiger charge is -2.17. The molecular formula is C14H14N2O3. The second kappa shape index (κ2) is 4.51. The van der Waals surface area contributed by atoms with Gasteiger partial charge in [0.2, 0.25) is 0 Å². The van der Waals surface area contributed by atoms with Crippen LogP contribution in [0.2, 0.25) is 0 Å². The lowest BCUT2D eigenvalue weighted by Crippen LogP contribution is -2.09. The number of aryl methyl sites for hydroxylation is 1. The van der Waals surface area contributed by atoms with Gasteiger partial charge in [-0.1, -0.05) is 12.1 Å². The zero-order valence-electron chi connectivity index (χ0n) is 10.6. The molecule has 1 aromatic heterocycles. The number of aromatic nitrogens is 2. The summed E-state index contributed by atoms with van der Waals surface area (Å²) in [6.45, 7) is 1.39. The van der Waals surface area contributed by atoms with Gasteiger partial charge in [0.25, 0.3) is 0 Å². The van der Waals surface area contributed by atoms with Crippen LogP contribution in [0, 0.1) is 0 Å². The summed E-state index contributed by atoms with van der Waals surface area (Å²) in [6, 6.07) is 7.72. The summed E-state index contributed by atoms with van der Waals surface area (Å²) in [5, 5.41) is 13.0. The highest BCUT2D eigenvalue weighted by Crippen LogP contribution is 2.25. The molecular weight excluding hydrogens is 244 g/mol. The summed E-state index contributed by atoms with van der Waals surface area (Å²) in [6.07, 6.45) is 0.896. The molecule has 0 bridgehead atoms. The number of hydrogen-bond acceptors (Lipinski definition) is 3. The molecule has 0 saturated carbocycles. The number of aromatic carboxylic acids is 1. The van der Waals surface area contributed by atoms with Crippen LogP contribution in [0.15, 0.2) is 24.3 Å². The van der Waals surface area contributed by atoms with E-state index in [1.54, 1.807) is 17.8 Å². The Morgan fingerprint density at radius 2 is 2.21 bits per heavy atom. The molecule has 1 aromatic carbocycles. The third-order valence-electron chi connectivity index (χ3n) is 3.37. The third kappa shape index (κ3) is 2.13. The number of carboxylic acid groups (broad SMARTS) is 1. The van der Waals surface area contributed by atoms with Gasteiger partial charge < -0.3 is 9.84 Å². The average Bonchev–Trinajstić information content (AvgIpc) is 2.80. The molecule has 2 aromatic rings. The molecule has 5 nitrogen and oxygen atoms in total. The van der Waals surface area contributed by atoms with E-state index in [1.165, 1.54) is 11.1 Å². The zero-order chi connectivity index (χ0) is 13.4. The van der Waals surface area contributed by atoms with Crippen molar-refractivity contribution in [2.75, 3.05) is 6.61 Å².